The quantitative estimate of drug-likeness (QED) is 0.133. The normalized spacial score (nSPS) is 36.7. The Morgan fingerprint density at radius 3 is 2.52 bits per heavy atom. The van der Waals surface area contributed by atoms with Gasteiger partial charge in [-0.15, -0.1) is 0 Å². The zero-order valence-corrected chi connectivity index (χ0v) is 35.8. The minimum Gasteiger partial charge on any atom is -0.392 e. The minimum atomic E-state index is -0.869. The Morgan fingerprint density at radius 2 is 1.83 bits per heavy atom. The van der Waals surface area contributed by atoms with E-state index in [1.165, 1.54) is 11.3 Å². The first kappa shape index (κ1) is 39.5. The summed E-state index contributed by atoms with van der Waals surface area (Å²) in [6, 6.07) is 1.65. The summed E-state index contributed by atoms with van der Waals surface area (Å²) >= 11 is 0. The van der Waals surface area contributed by atoms with Crippen LogP contribution in [0.25, 0.3) is 16.5 Å². The van der Waals surface area contributed by atoms with Crippen molar-refractivity contribution in [2.24, 2.45) is 28.6 Å². The zero-order valence-electron chi connectivity index (χ0n) is 35.8. The fraction of sp³-hybridized carbons (Fsp3) is 0.604. The molecule has 58 heavy (non-hydrogen) atoms. The Labute approximate surface area is 342 Å². The Bertz CT molecular complexity index is 2290. The van der Waals surface area contributed by atoms with Crippen LogP contribution in [-0.4, -0.2) is 80.9 Å². The Morgan fingerprint density at radius 1 is 1.09 bits per heavy atom. The van der Waals surface area contributed by atoms with Crippen LogP contribution in [0.1, 0.15) is 133 Å². The number of carbonyl (C=O) groups excluding carboxylic acids is 3. The largest absolute Gasteiger partial charge is 0.392 e. The Kier molecular flexibility index (Phi) is 8.68. The number of hydrogen-bond donors (Lipinski definition) is 4. The molecular formula is C48H62N4O6. The highest BCUT2D eigenvalue weighted by molar-refractivity contribution is 6.18. The van der Waals surface area contributed by atoms with Gasteiger partial charge in [0.15, 0.2) is 5.78 Å². The van der Waals surface area contributed by atoms with Crippen molar-refractivity contribution < 1.29 is 29.3 Å². The van der Waals surface area contributed by atoms with Gasteiger partial charge in [0.05, 0.1) is 34.5 Å². The van der Waals surface area contributed by atoms with Gasteiger partial charge in [0.1, 0.15) is 6.04 Å². The van der Waals surface area contributed by atoms with Gasteiger partial charge in [-0.3, -0.25) is 9.59 Å². The van der Waals surface area contributed by atoms with Crippen LogP contribution < -0.4 is 10.6 Å². The maximum absolute atomic E-state index is 15.0. The number of benzene rings is 1. The number of amides is 3. The van der Waals surface area contributed by atoms with Gasteiger partial charge in [-0.25, -0.2) is 4.79 Å². The molecule has 9 unspecified atom stereocenters. The molecule has 0 spiro atoms. The summed E-state index contributed by atoms with van der Waals surface area (Å²) in [6.07, 6.45) is 11.1. The number of hydrogen-bond acceptors (Lipinski definition) is 6. The number of fused-ring (bicyclic) bond motifs is 11. The summed E-state index contributed by atoms with van der Waals surface area (Å²) in [4.78, 5) is 41.5. The summed E-state index contributed by atoms with van der Waals surface area (Å²) in [5.41, 5.74) is 6.10. The van der Waals surface area contributed by atoms with Crippen molar-refractivity contribution in [1.29, 1.82) is 0 Å². The van der Waals surface area contributed by atoms with Gasteiger partial charge >= 0.3 is 6.03 Å². The molecule has 10 heteroatoms. The third-order valence-electron chi connectivity index (χ3n) is 16.4. The first-order valence-electron chi connectivity index (χ1n) is 21.6. The number of ketones is 1. The van der Waals surface area contributed by atoms with E-state index in [-0.39, 0.29) is 40.4 Å². The van der Waals surface area contributed by atoms with Crippen LogP contribution in [0.5, 0.6) is 0 Å². The summed E-state index contributed by atoms with van der Waals surface area (Å²) in [5, 5.41) is 31.0. The number of aliphatic hydroxyl groups is 2. The molecule has 9 atom stereocenters. The molecule has 0 radical (unpaired) electrons. The van der Waals surface area contributed by atoms with Crippen LogP contribution in [0.15, 0.2) is 48.1 Å². The summed E-state index contributed by atoms with van der Waals surface area (Å²) in [6.45, 7) is 25.6. The number of ether oxygens (including phenoxy) is 1. The third kappa shape index (κ3) is 5.16. The number of Topliss-reactive ketones (excluding diaryl/α,β-unsaturated/α-hetero) is 1. The lowest BCUT2D eigenvalue weighted by Crippen LogP contribution is -2.62. The number of urea groups is 1. The first-order valence-corrected chi connectivity index (χ1v) is 21.6. The summed E-state index contributed by atoms with van der Waals surface area (Å²) in [5.74, 6) is 0.0606. The van der Waals surface area contributed by atoms with Gasteiger partial charge < -0.3 is 35.1 Å². The number of aromatic nitrogens is 1. The van der Waals surface area contributed by atoms with E-state index in [4.69, 9.17) is 4.74 Å². The highest BCUT2D eigenvalue weighted by Gasteiger charge is 2.68. The molecule has 3 fully saturated rings. The number of aliphatic hydroxyl groups excluding tert-OH is 2. The van der Waals surface area contributed by atoms with Crippen molar-refractivity contribution >= 4 is 34.2 Å². The summed E-state index contributed by atoms with van der Waals surface area (Å²) in [7, 11) is 0. The van der Waals surface area contributed by atoms with Crippen molar-refractivity contribution in [2.45, 2.75) is 129 Å². The predicted octanol–water partition coefficient (Wildman–Crippen LogP) is 7.24. The molecule has 4 N–H and O–H groups in total. The van der Waals surface area contributed by atoms with Crippen LogP contribution in [-0.2, 0) is 21.4 Å². The van der Waals surface area contributed by atoms with Gasteiger partial charge in [0.25, 0.3) is 0 Å². The fourth-order valence-electron chi connectivity index (χ4n) is 13.7. The maximum Gasteiger partial charge on any atom is 0.317 e. The molecule has 1 aromatic heterocycles. The Balaban J connectivity index is 1.11. The van der Waals surface area contributed by atoms with Crippen LogP contribution in [0, 0.1) is 28.6 Å². The lowest BCUT2D eigenvalue weighted by atomic mass is 9.40. The monoisotopic (exact) mass is 790 g/mol. The highest BCUT2D eigenvalue weighted by Crippen LogP contribution is 2.71. The molecule has 0 bridgehead atoms. The second kappa shape index (κ2) is 12.8. The molecule has 310 valence electrons. The molecule has 1 aromatic carbocycles. The van der Waals surface area contributed by atoms with Crippen molar-refractivity contribution in [3.63, 3.8) is 0 Å². The number of rotatable bonds is 7. The zero-order chi connectivity index (χ0) is 41.6. The lowest BCUT2D eigenvalue weighted by Gasteiger charge is -2.64. The predicted molar refractivity (Wildman–Crippen MR) is 225 cm³/mol. The number of nitrogens with one attached hydrogen (secondary N) is 2. The average Bonchev–Trinajstić information content (AvgIpc) is 3.91. The molecule has 3 aliphatic heterocycles. The molecule has 1 saturated heterocycles. The second-order valence-corrected chi connectivity index (χ2v) is 20.5. The molecule has 9 rings (SSSR count). The Hall–Kier alpha value is -3.99. The van der Waals surface area contributed by atoms with E-state index in [0.717, 1.165) is 58.9 Å². The van der Waals surface area contributed by atoms with E-state index >= 15 is 0 Å². The standard InChI is InChI=1S/C48H62N4O6/c1-25(2)37-40(55)35-34-28(31-24-44(4,5)58-45(6,7)36(31)39(34)54)23-29-30-22-27-13-14-32-46(8,16-11-12-26(3)42(56)49-18-20-51-21-19-50-43(51)57)33(53)15-17-47(32,9)48(27,10)41(30)52(37)38(29)35/h11-12,16,23-24,27,32-33,36-37,39,53-54H,1,13-15,17-22H2,2-10H3,(H,49,56)(H,50,57)/b16-11+,26-12+. The van der Waals surface area contributed by atoms with Gasteiger partial charge in [0, 0.05) is 65.1 Å². The molecule has 10 nitrogen and oxygen atoms in total. The first-order chi connectivity index (χ1) is 27.2. The van der Waals surface area contributed by atoms with Crippen LogP contribution >= 0.6 is 0 Å². The van der Waals surface area contributed by atoms with Crippen molar-refractivity contribution in [3.05, 3.63) is 76.0 Å². The van der Waals surface area contributed by atoms with E-state index in [1.54, 1.807) is 11.8 Å². The molecular weight excluding hydrogens is 729 g/mol. The van der Waals surface area contributed by atoms with Crippen molar-refractivity contribution in [1.82, 2.24) is 20.1 Å². The smallest absolute Gasteiger partial charge is 0.317 e. The topological polar surface area (TPSA) is 133 Å². The third-order valence-corrected chi connectivity index (χ3v) is 16.4. The molecule has 7 aliphatic rings. The average molecular weight is 791 g/mol. The van der Waals surface area contributed by atoms with E-state index in [9.17, 15) is 24.6 Å². The molecule has 4 heterocycles. The summed E-state index contributed by atoms with van der Waals surface area (Å²) < 4.78 is 8.90. The molecule has 4 aliphatic carbocycles. The van der Waals surface area contributed by atoms with Gasteiger partial charge in [0.2, 0.25) is 5.91 Å². The van der Waals surface area contributed by atoms with Gasteiger partial charge in [-0.2, -0.15) is 0 Å². The number of nitrogens with zero attached hydrogens (tertiary/aromatic N) is 2. The number of allylic oxidation sites excluding steroid dienone is 3. The molecule has 2 saturated carbocycles. The van der Waals surface area contributed by atoms with Crippen LogP contribution in [0.4, 0.5) is 4.79 Å². The SMILES string of the molecule is C=C(C)C1C(=O)c2c3c(cc4c5c(n1c24)C1(C)C(CCC2C(C)(/C=C/C=C(\C)C(=O)NCCN4CCNC4=O)C(O)CCC21C)C5)C1=CC(C)(C)OC(C)(C)C1C3O. The number of carbonyl (C=O) groups is 3. The van der Waals surface area contributed by atoms with Gasteiger partial charge in [-0.1, -0.05) is 51.2 Å². The lowest BCUT2D eigenvalue weighted by molar-refractivity contribution is -0.144. The van der Waals surface area contributed by atoms with Crippen LogP contribution in [0.2, 0.25) is 0 Å². The maximum atomic E-state index is 15.0. The second-order valence-electron chi connectivity index (χ2n) is 20.5. The fourth-order valence-corrected chi connectivity index (χ4v) is 13.7. The van der Waals surface area contributed by atoms with Crippen molar-refractivity contribution in [3.8, 4) is 0 Å². The molecule has 3 amide bonds. The van der Waals surface area contributed by atoms with E-state index < -0.39 is 34.9 Å². The van der Waals surface area contributed by atoms with E-state index in [0.29, 0.717) is 49.7 Å². The van der Waals surface area contributed by atoms with E-state index in [1.807, 2.05) is 19.1 Å². The van der Waals surface area contributed by atoms with Crippen LogP contribution in [0.3, 0.4) is 0 Å². The molecule has 2 aromatic rings. The highest BCUT2D eigenvalue weighted by atomic mass is 16.5. The van der Waals surface area contributed by atoms with Crippen molar-refractivity contribution in [2.75, 3.05) is 26.2 Å². The van der Waals surface area contributed by atoms with Gasteiger partial charge in [-0.05, 0) is 120 Å². The minimum absolute atomic E-state index is 0.0209. The van der Waals surface area contributed by atoms with E-state index in [2.05, 4.69) is 88.5 Å².